The van der Waals surface area contributed by atoms with Crippen LogP contribution in [0, 0.1) is 0 Å². The zero-order chi connectivity index (χ0) is 25.8. The van der Waals surface area contributed by atoms with Gasteiger partial charge in [-0.3, -0.25) is 14.4 Å². The molecule has 2 aromatic carbocycles. The predicted octanol–water partition coefficient (Wildman–Crippen LogP) is 2.44. The van der Waals surface area contributed by atoms with Gasteiger partial charge in [-0.1, -0.05) is 0 Å². The van der Waals surface area contributed by atoms with Crippen LogP contribution in [-0.4, -0.2) is 75.2 Å². The van der Waals surface area contributed by atoms with E-state index in [4.69, 9.17) is 18.9 Å². The highest BCUT2D eigenvalue weighted by atomic mass is 16.5. The average Bonchev–Trinajstić information content (AvgIpc) is 3.53. The number of rotatable bonds is 8. The van der Waals surface area contributed by atoms with Crippen molar-refractivity contribution in [3.8, 4) is 11.5 Å². The number of carbonyl (C=O) groups is 4. The van der Waals surface area contributed by atoms with E-state index in [0.29, 0.717) is 34.9 Å². The highest BCUT2D eigenvalue weighted by Gasteiger charge is 2.45. The third kappa shape index (κ3) is 4.90. The van der Waals surface area contributed by atoms with Crippen molar-refractivity contribution in [2.75, 3.05) is 39.4 Å². The van der Waals surface area contributed by atoms with Crippen molar-refractivity contribution < 1.29 is 38.1 Å². The number of amides is 3. The van der Waals surface area contributed by atoms with Crippen molar-refractivity contribution in [3.05, 3.63) is 53.6 Å². The van der Waals surface area contributed by atoms with Crippen LogP contribution in [0.15, 0.2) is 42.5 Å². The molecule has 0 N–H and O–H groups in total. The Kier molecular flexibility index (Phi) is 7.54. The summed E-state index contributed by atoms with van der Waals surface area (Å²) in [6.07, 6.45) is 1.22. The van der Waals surface area contributed by atoms with E-state index in [1.54, 1.807) is 18.2 Å². The normalized spacial score (nSPS) is 19.4. The van der Waals surface area contributed by atoms with E-state index < -0.39 is 29.7 Å². The number of anilines is 1. The van der Waals surface area contributed by atoms with E-state index in [9.17, 15) is 19.2 Å². The van der Waals surface area contributed by atoms with E-state index in [1.165, 1.54) is 50.5 Å². The van der Waals surface area contributed by atoms with E-state index in [1.807, 2.05) is 0 Å². The lowest BCUT2D eigenvalue weighted by Crippen LogP contribution is -2.48. The van der Waals surface area contributed by atoms with Crippen LogP contribution < -0.4 is 14.4 Å². The number of benzene rings is 2. The molecule has 10 heteroatoms. The van der Waals surface area contributed by atoms with E-state index in [2.05, 4.69) is 0 Å². The van der Waals surface area contributed by atoms with Gasteiger partial charge in [-0.15, -0.1) is 0 Å². The van der Waals surface area contributed by atoms with Gasteiger partial charge in [0.05, 0.1) is 45.1 Å². The second kappa shape index (κ2) is 10.8. The first-order valence-corrected chi connectivity index (χ1v) is 11.6. The minimum atomic E-state index is -0.998. The fourth-order valence-corrected chi connectivity index (χ4v) is 4.49. The molecule has 4 rings (SSSR count). The van der Waals surface area contributed by atoms with Crippen molar-refractivity contribution >= 4 is 29.4 Å². The molecule has 0 aromatic heterocycles. The molecule has 36 heavy (non-hydrogen) atoms. The molecule has 2 unspecified atom stereocenters. The molecule has 0 radical (unpaired) electrons. The molecule has 0 saturated carbocycles. The summed E-state index contributed by atoms with van der Waals surface area (Å²) in [6.45, 7) is 0.755. The molecule has 2 aromatic rings. The van der Waals surface area contributed by atoms with Crippen molar-refractivity contribution in [1.82, 2.24) is 4.90 Å². The average molecular weight is 497 g/mol. The molecule has 0 spiro atoms. The Bertz CT molecular complexity index is 1160. The zero-order valence-corrected chi connectivity index (χ0v) is 20.4. The maximum atomic E-state index is 13.7. The quantitative estimate of drug-likeness (QED) is 0.405. The molecule has 2 atom stereocenters. The molecule has 3 amide bonds. The van der Waals surface area contributed by atoms with Crippen molar-refractivity contribution in [2.45, 2.75) is 31.4 Å². The van der Waals surface area contributed by atoms with Crippen LogP contribution in [0.4, 0.5) is 5.69 Å². The number of imide groups is 1. The molecule has 2 heterocycles. The third-order valence-corrected chi connectivity index (χ3v) is 6.36. The van der Waals surface area contributed by atoms with Gasteiger partial charge in [0.1, 0.15) is 6.04 Å². The van der Waals surface area contributed by atoms with Gasteiger partial charge >= 0.3 is 5.97 Å². The summed E-state index contributed by atoms with van der Waals surface area (Å²) in [6, 6.07) is 9.73. The van der Waals surface area contributed by atoms with Gasteiger partial charge in [0.15, 0.2) is 11.5 Å². The largest absolute Gasteiger partial charge is 0.493 e. The van der Waals surface area contributed by atoms with Gasteiger partial charge in [0.25, 0.3) is 11.8 Å². The monoisotopic (exact) mass is 496 g/mol. The van der Waals surface area contributed by atoms with Crippen LogP contribution in [0.2, 0.25) is 0 Å². The standard InChI is InChI=1S/C26H28N2O8/c1-33-21-11-8-17(13-22(21)34-2)24(30)27(15-19-5-4-12-36-19)20-14-23(29)28(25(20)31)18-9-6-16(7-10-18)26(32)35-3/h6-11,13,19-20H,4-5,12,14-15H2,1-3H3. The molecule has 2 aliphatic rings. The van der Waals surface area contributed by atoms with Gasteiger partial charge in [-0.25, -0.2) is 9.69 Å². The number of methoxy groups -OCH3 is 3. The lowest BCUT2D eigenvalue weighted by atomic mass is 10.1. The summed E-state index contributed by atoms with van der Waals surface area (Å²) in [5.74, 6) is -1.05. The molecule has 2 aliphatic heterocycles. The minimum Gasteiger partial charge on any atom is -0.493 e. The molecule has 0 bridgehead atoms. The summed E-state index contributed by atoms with van der Waals surface area (Å²) < 4.78 is 21.0. The smallest absolute Gasteiger partial charge is 0.337 e. The molecule has 0 aliphatic carbocycles. The van der Waals surface area contributed by atoms with E-state index in [0.717, 1.165) is 17.7 Å². The van der Waals surface area contributed by atoms with Crippen molar-refractivity contribution in [2.24, 2.45) is 0 Å². The Labute approximate surface area is 208 Å². The molecule has 190 valence electrons. The zero-order valence-electron chi connectivity index (χ0n) is 20.4. The maximum Gasteiger partial charge on any atom is 0.337 e. The summed E-state index contributed by atoms with van der Waals surface area (Å²) in [5.41, 5.74) is 0.906. The van der Waals surface area contributed by atoms with Crippen molar-refractivity contribution in [1.29, 1.82) is 0 Å². The number of hydrogen-bond donors (Lipinski definition) is 0. The number of hydrogen-bond acceptors (Lipinski definition) is 8. The lowest BCUT2D eigenvalue weighted by molar-refractivity contribution is -0.122. The van der Waals surface area contributed by atoms with Crippen LogP contribution in [0.25, 0.3) is 0 Å². The van der Waals surface area contributed by atoms with Crippen LogP contribution in [0.1, 0.15) is 40.0 Å². The highest BCUT2D eigenvalue weighted by molar-refractivity contribution is 6.23. The molecular weight excluding hydrogens is 468 g/mol. The Morgan fingerprint density at radius 2 is 1.69 bits per heavy atom. The second-order valence-corrected chi connectivity index (χ2v) is 8.49. The number of esters is 1. The summed E-state index contributed by atoms with van der Waals surface area (Å²) in [7, 11) is 4.24. The summed E-state index contributed by atoms with van der Waals surface area (Å²) in [4.78, 5) is 54.3. The molecule has 2 fully saturated rings. The number of ether oxygens (including phenoxy) is 4. The maximum absolute atomic E-state index is 13.7. The first-order chi connectivity index (χ1) is 17.4. The Morgan fingerprint density at radius 3 is 2.31 bits per heavy atom. The minimum absolute atomic E-state index is 0.163. The summed E-state index contributed by atoms with van der Waals surface area (Å²) >= 11 is 0. The summed E-state index contributed by atoms with van der Waals surface area (Å²) in [5, 5.41) is 0. The van der Waals surface area contributed by atoms with Crippen LogP contribution in [-0.2, 0) is 19.1 Å². The third-order valence-electron chi connectivity index (χ3n) is 6.36. The Hall–Kier alpha value is -3.92. The topological polar surface area (TPSA) is 112 Å². The van der Waals surface area contributed by atoms with E-state index in [-0.39, 0.29) is 19.1 Å². The van der Waals surface area contributed by atoms with Crippen molar-refractivity contribution in [3.63, 3.8) is 0 Å². The Balaban J connectivity index is 1.63. The fraction of sp³-hybridized carbons (Fsp3) is 0.385. The van der Waals surface area contributed by atoms with Gasteiger partial charge in [-0.05, 0) is 55.3 Å². The van der Waals surface area contributed by atoms with Crippen LogP contribution in [0.3, 0.4) is 0 Å². The lowest BCUT2D eigenvalue weighted by Gasteiger charge is -2.30. The first kappa shape index (κ1) is 25.2. The molecular formula is C26H28N2O8. The first-order valence-electron chi connectivity index (χ1n) is 11.6. The van der Waals surface area contributed by atoms with Crippen LogP contribution >= 0.6 is 0 Å². The van der Waals surface area contributed by atoms with Gasteiger partial charge in [-0.2, -0.15) is 0 Å². The van der Waals surface area contributed by atoms with Crippen LogP contribution in [0.5, 0.6) is 11.5 Å². The molecule has 2 saturated heterocycles. The van der Waals surface area contributed by atoms with Gasteiger partial charge < -0.3 is 23.8 Å². The SMILES string of the molecule is COC(=O)c1ccc(N2C(=O)CC(N(CC3CCCO3)C(=O)c3ccc(OC)c(OC)c3)C2=O)cc1. The number of nitrogens with zero attached hydrogens (tertiary/aromatic N) is 2. The second-order valence-electron chi connectivity index (χ2n) is 8.49. The molecule has 10 nitrogen and oxygen atoms in total. The van der Waals surface area contributed by atoms with Gasteiger partial charge in [0.2, 0.25) is 5.91 Å². The highest BCUT2D eigenvalue weighted by Crippen LogP contribution is 2.31. The Morgan fingerprint density at radius 1 is 1.00 bits per heavy atom. The van der Waals surface area contributed by atoms with E-state index >= 15 is 0 Å². The number of carbonyl (C=O) groups excluding carboxylic acids is 4. The fourth-order valence-electron chi connectivity index (χ4n) is 4.49. The van der Waals surface area contributed by atoms with Gasteiger partial charge in [0, 0.05) is 18.7 Å². The predicted molar refractivity (Wildman–Crippen MR) is 128 cm³/mol.